The largest absolute Gasteiger partial charge is 0.573 e. The summed E-state index contributed by atoms with van der Waals surface area (Å²) in [6.45, 7) is 1.24. The molecule has 10 heteroatoms. The van der Waals surface area contributed by atoms with Crippen LogP contribution in [0.4, 0.5) is 13.2 Å². The zero-order chi connectivity index (χ0) is 13.4. The van der Waals surface area contributed by atoms with Gasteiger partial charge < -0.3 is 4.74 Å². The molecule has 0 saturated heterocycles. The van der Waals surface area contributed by atoms with E-state index >= 15 is 0 Å². The van der Waals surface area contributed by atoms with E-state index in [0.717, 1.165) is 0 Å². The number of nitrogens with two attached hydrogens (primary N) is 1. The van der Waals surface area contributed by atoms with Gasteiger partial charge >= 0.3 is 6.36 Å². The van der Waals surface area contributed by atoms with Crippen molar-refractivity contribution in [1.29, 1.82) is 0 Å². The predicted molar refractivity (Wildman–Crippen MR) is 52.0 cm³/mol. The molecule has 1 aromatic heterocycles. The molecular formula is C7H6ClF3N2O3S. The average Bonchev–Trinajstić information content (AvgIpc) is 2.05. The van der Waals surface area contributed by atoms with Crippen LogP contribution >= 0.6 is 11.6 Å². The fourth-order valence-electron chi connectivity index (χ4n) is 1.02. The zero-order valence-electron chi connectivity index (χ0n) is 8.25. The van der Waals surface area contributed by atoms with Crippen LogP contribution in [0, 0.1) is 6.92 Å². The van der Waals surface area contributed by atoms with Crippen LogP contribution in [0.3, 0.4) is 0 Å². The van der Waals surface area contributed by atoms with E-state index in [9.17, 15) is 21.6 Å². The van der Waals surface area contributed by atoms with Gasteiger partial charge in [-0.05, 0) is 6.92 Å². The highest BCUT2D eigenvalue weighted by Crippen LogP contribution is 2.31. The Morgan fingerprint density at radius 2 is 2.00 bits per heavy atom. The van der Waals surface area contributed by atoms with Crippen molar-refractivity contribution in [1.82, 2.24) is 4.98 Å². The molecule has 2 N–H and O–H groups in total. The van der Waals surface area contributed by atoms with E-state index in [4.69, 9.17) is 16.7 Å². The Bertz CT molecular complexity index is 544. The predicted octanol–water partition coefficient (Wildman–Crippen LogP) is 1.59. The molecule has 0 spiro atoms. The Morgan fingerprint density at radius 3 is 2.41 bits per heavy atom. The molecule has 96 valence electrons. The number of hydrogen-bond acceptors (Lipinski definition) is 4. The third kappa shape index (κ3) is 3.72. The molecule has 0 amide bonds. The molecule has 0 aromatic carbocycles. The Balaban J connectivity index is 3.35. The summed E-state index contributed by atoms with van der Waals surface area (Å²) in [5, 5.41) is 4.19. The second-order valence-electron chi connectivity index (χ2n) is 2.95. The molecule has 0 aliphatic carbocycles. The smallest absolute Gasteiger partial charge is 0.402 e. The van der Waals surface area contributed by atoms with Gasteiger partial charge in [0.05, 0.1) is 5.69 Å². The first-order valence-electron chi connectivity index (χ1n) is 3.96. The lowest BCUT2D eigenvalue weighted by atomic mass is 10.4. The van der Waals surface area contributed by atoms with E-state index < -0.39 is 32.2 Å². The fraction of sp³-hybridized carbons (Fsp3) is 0.286. The van der Waals surface area contributed by atoms with Crippen molar-refractivity contribution in [2.75, 3.05) is 0 Å². The maximum Gasteiger partial charge on any atom is 0.573 e. The maximum absolute atomic E-state index is 12.0. The number of aromatic nitrogens is 1. The van der Waals surface area contributed by atoms with Gasteiger partial charge in [-0.15, -0.1) is 13.2 Å². The Morgan fingerprint density at radius 1 is 1.47 bits per heavy atom. The van der Waals surface area contributed by atoms with Crippen LogP contribution in [0.25, 0.3) is 0 Å². The van der Waals surface area contributed by atoms with Gasteiger partial charge in [0, 0.05) is 6.07 Å². The summed E-state index contributed by atoms with van der Waals surface area (Å²) in [6, 6.07) is 0.577. The summed E-state index contributed by atoms with van der Waals surface area (Å²) >= 11 is 5.39. The van der Waals surface area contributed by atoms with Crippen LogP contribution in [0.5, 0.6) is 5.75 Å². The minimum absolute atomic E-state index is 0.118. The molecule has 1 aromatic rings. The summed E-state index contributed by atoms with van der Waals surface area (Å²) in [6.07, 6.45) is -5.00. The van der Waals surface area contributed by atoms with E-state index in [1.165, 1.54) is 6.92 Å². The first kappa shape index (κ1) is 14.0. The van der Waals surface area contributed by atoms with Crippen LogP contribution in [0.15, 0.2) is 11.0 Å². The average molecular weight is 291 g/mol. The molecule has 0 unspecified atom stereocenters. The lowest BCUT2D eigenvalue weighted by Gasteiger charge is -2.12. The number of hydrogen-bond donors (Lipinski definition) is 1. The van der Waals surface area contributed by atoms with Gasteiger partial charge in [0.15, 0.2) is 10.9 Å². The number of alkyl halides is 3. The summed E-state index contributed by atoms with van der Waals surface area (Å²) in [4.78, 5) is 2.82. The van der Waals surface area contributed by atoms with Crippen LogP contribution < -0.4 is 9.88 Å². The van der Waals surface area contributed by atoms with Gasteiger partial charge in [-0.1, -0.05) is 11.6 Å². The second-order valence-corrected chi connectivity index (χ2v) is 4.84. The van der Waals surface area contributed by atoms with Crippen LogP contribution in [-0.4, -0.2) is 19.8 Å². The molecule has 0 atom stereocenters. The van der Waals surface area contributed by atoms with Crippen molar-refractivity contribution in [3.8, 4) is 5.75 Å². The van der Waals surface area contributed by atoms with Gasteiger partial charge in [0.1, 0.15) is 4.90 Å². The van der Waals surface area contributed by atoms with E-state index in [2.05, 4.69) is 9.72 Å². The highest BCUT2D eigenvalue weighted by Gasteiger charge is 2.33. The number of halogens is 4. The Kier molecular flexibility index (Phi) is 3.55. The second kappa shape index (κ2) is 4.31. The number of rotatable bonds is 2. The molecule has 1 heterocycles. The lowest BCUT2D eigenvalue weighted by Crippen LogP contribution is -2.19. The minimum Gasteiger partial charge on any atom is -0.402 e. The van der Waals surface area contributed by atoms with Crippen molar-refractivity contribution < 1.29 is 26.3 Å². The monoisotopic (exact) mass is 290 g/mol. The van der Waals surface area contributed by atoms with E-state index in [-0.39, 0.29) is 5.69 Å². The molecule has 0 aliphatic heterocycles. The molecular weight excluding hydrogens is 285 g/mol. The van der Waals surface area contributed by atoms with Gasteiger partial charge in [0.2, 0.25) is 10.0 Å². The quantitative estimate of drug-likeness (QED) is 0.839. The van der Waals surface area contributed by atoms with E-state index in [1.54, 1.807) is 0 Å². The summed E-state index contributed by atoms with van der Waals surface area (Å²) in [5.41, 5.74) is -0.118. The van der Waals surface area contributed by atoms with Crippen LogP contribution in [0.2, 0.25) is 5.15 Å². The molecule has 0 fully saturated rings. The minimum atomic E-state index is -5.00. The Labute approximate surface area is 99.4 Å². The standard InChI is InChI=1S/C7H6ClF3N2O3S/c1-3-5(17(12,14)15)2-4(6(8)13-3)16-7(9,10)11/h2H,1H3,(H2,12,14,15). The Hall–Kier alpha value is -1.06. The van der Waals surface area contributed by atoms with Gasteiger partial charge in [-0.3, -0.25) is 0 Å². The van der Waals surface area contributed by atoms with Gasteiger partial charge in [0.25, 0.3) is 0 Å². The van der Waals surface area contributed by atoms with Crippen molar-refractivity contribution in [3.63, 3.8) is 0 Å². The first-order chi connectivity index (χ1) is 7.50. The first-order valence-corrected chi connectivity index (χ1v) is 5.89. The molecule has 0 radical (unpaired) electrons. The number of ether oxygens (including phenoxy) is 1. The van der Waals surface area contributed by atoms with Crippen LogP contribution in [-0.2, 0) is 10.0 Å². The summed E-state index contributed by atoms with van der Waals surface area (Å²) in [7, 11) is -4.20. The number of aryl methyl sites for hydroxylation is 1. The van der Waals surface area contributed by atoms with Crippen LogP contribution in [0.1, 0.15) is 5.69 Å². The summed E-state index contributed by atoms with van der Waals surface area (Å²) in [5.74, 6) is -0.922. The molecule has 0 bridgehead atoms. The SMILES string of the molecule is Cc1nc(Cl)c(OC(F)(F)F)cc1S(N)(=O)=O. The third-order valence-corrected chi connectivity index (χ3v) is 2.92. The number of nitrogens with zero attached hydrogens (tertiary/aromatic N) is 1. The summed E-state index contributed by atoms with van der Waals surface area (Å²) < 4.78 is 61.5. The molecule has 5 nitrogen and oxygen atoms in total. The molecule has 0 aliphatic rings. The number of sulfonamides is 1. The van der Waals surface area contributed by atoms with E-state index in [0.29, 0.717) is 6.07 Å². The van der Waals surface area contributed by atoms with Crippen molar-refractivity contribution in [2.45, 2.75) is 18.2 Å². The number of pyridine rings is 1. The maximum atomic E-state index is 12.0. The van der Waals surface area contributed by atoms with Gasteiger partial charge in [-0.25, -0.2) is 18.5 Å². The normalized spacial score (nSPS) is 12.6. The van der Waals surface area contributed by atoms with Gasteiger partial charge in [-0.2, -0.15) is 0 Å². The molecule has 17 heavy (non-hydrogen) atoms. The van der Waals surface area contributed by atoms with Crippen molar-refractivity contribution in [3.05, 3.63) is 16.9 Å². The zero-order valence-corrected chi connectivity index (χ0v) is 9.82. The lowest BCUT2D eigenvalue weighted by molar-refractivity contribution is -0.274. The van der Waals surface area contributed by atoms with E-state index in [1.807, 2.05) is 0 Å². The number of primary sulfonamides is 1. The molecule has 0 saturated carbocycles. The van der Waals surface area contributed by atoms with Crippen molar-refractivity contribution >= 4 is 21.6 Å². The highest BCUT2D eigenvalue weighted by atomic mass is 35.5. The molecule has 1 rings (SSSR count). The fourth-order valence-corrected chi connectivity index (χ4v) is 1.97. The highest BCUT2D eigenvalue weighted by molar-refractivity contribution is 7.89. The topological polar surface area (TPSA) is 82.3 Å². The van der Waals surface area contributed by atoms with Crippen molar-refractivity contribution in [2.24, 2.45) is 5.14 Å². The third-order valence-electron chi connectivity index (χ3n) is 1.62.